The van der Waals surface area contributed by atoms with Crippen LogP contribution >= 0.6 is 22.6 Å². The van der Waals surface area contributed by atoms with Gasteiger partial charge < -0.3 is 0 Å². The van der Waals surface area contributed by atoms with Crippen molar-refractivity contribution in [1.82, 2.24) is 20.4 Å². The summed E-state index contributed by atoms with van der Waals surface area (Å²) in [6.45, 7) is 0. The molecule has 0 amide bonds. The van der Waals surface area contributed by atoms with Gasteiger partial charge >= 0.3 is 0 Å². The highest BCUT2D eigenvalue weighted by Gasteiger charge is 1.77. The average Bonchev–Trinajstić information content (AvgIpc) is 2.57. The van der Waals surface area contributed by atoms with Crippen LogP contribution in [-0.2, 0) is 0 Å². The van der Waals surface area contributed by atoms with Crippen molar-refractivity contribution in [3.63, 3.8) is 0 Å². The van der Waals surface area contributed by atoms with Crippen molar-refractivity contribution in [2.45, 2.75) is 0 Å². The lowest BCUT2D eigenvalue weighted by Crippen LogP contribution is -1.53. The van der Waals surface area contributed by atoms with Crippen LogP contribution in [0.4, 0.5) is 0 Å². The fourth-order valence-corrected chi connectivity index (χ4v) is 0.729. The zero-order chi connectivity index (χ0) is 7.94. The van der Waals surface area contributed by atoms with E-state index in [1.165, 1.54) is 0 Å². The van der Waals surface area contributed by atoms with E-state index >= 15 is 0 Å². The molecule has 0 spiro atoms. The first-order valence-electron chi connectivity index (χ1n) is 2.97. The van der Waals surface area contributed by atoms with Crippen molar-refractivity contribution in [1.29, 1.82) is 0 Å². The van der Waals surface area contributed by atoms with Gasteiger partial charge in [0.1, 0.15) is 0 Å². The summed E-state index contributed by atoms with van der Waals surface area (Å²) in [5, 5.41) is 12.6. The number of H-pyrrole nitrogens is 2. The lowest BCUT2D eigenvalue weighted by molar-refractivity contribution is 1.09. The van der Waals surface area contributed by atoms with Crippen molar-refractivity contribution in [2.24, 2.45) is 0 Å². The summed E-state index contributed by atoms with van der Waals surface area (Å²) >= 11 is 2.18. The minimum absolute atomic E-state index is 1.15. The highest BCUT2D eigenvalue weighted by molar-refractivity contribution is 14.1. The number of halogens is 1. The molecule has 5 heteroatoms. The number of aromatic amines is 2. The molecule has 58 valence electrons. The first-order chi connectivity index (χ1) is 5.39. The third-order valence-corrected chi connectivity index (χ3v) is 1.46. The summed E-state index contributed by atoms with van der Waals surface area (Å²) in [6, 6.07) is 1.83. The van der Waals surface area contributed by atoms with Crippen LogP contribution in [0.1, 0.15) is 0 Å². The Kier molecular flexibility index (Phi) is 3.67. The molecule has 0 aliphatic carbocycles. The van der Waals surface area contributed by atoms with Crippen LogP contribution in [0.15, 0.2) is 30.9 Å². The number of nitrogens with one attached hydrogen (secondary N) is 2. The molecule has 2 heterocycles. The molecule has 2 rings (SSSR count). The number of hydrogen-bond donors (Lipinski definition) is 2. The summed E-state index contributed by atoms with van der Waals surface area (Å²) in [4.78, 5) is 0. The number of rotatable bonds is 0. The summed E-state index contributed by atoms with van der Waals surface area (Å²) in [6.07, 6.45) is 7.06. The van der Waals surface area contributed by atoms with Gasteiger partial charge in [-0.05, 0) is 28.7 Å². The Bertz CT molecular complexity index is 233. The molecule has 0 aromatic carbocycles. The topological polar surface area (TPSA) is 57.4 Å². The molecule has 2 aromatic rings. The first kappa shape index (κ1) is 8.25. The van der Waals surface area contributed by atoms with E-state index in [0.29, 0.717) is 0 Å². The predicted octanol–water partition coefficient (Wildman–Crippen LogP) is 1.42. The summed E-state index contributed by atoms with van der Waals surface area (Å²) < 4.78 is 1.15. The molecular formula is C6H7IN4. The fourth-order valence-electron chi connectivity index (χ4n) is 0.450. The SMILES string of the molecule is Ic1cn[nH]c1.c1cn[nH]c1. The van der Waals surface area contributed by atoms with E-state index in [1.54, 1.807) is 18.6 Å². The Balaban J connectivity index is 0.000000112. The second-order valence-electron chi connectivity index (χ2n) is 1.68. The molecular weight excluding hydrogens is 255 g/mol. The molecule has 0 saturated carbocycles. The van der Waals surface area contributed by atoms with Gasteiger partial charge in [0.25, 0.3) is 0 Å². The van der Waals surface area contributed by atoms with E-state index in [4.69, 9.17) is 0 Å². The third kappa shape index (κ3) is 3.76. The van der Waals surface area contributed by atoms with Crippen molar-refractivity contribution in [2.75, 3.05) is 0 Å². The Morgan fingerprint density at radius 2 is 2.18 bits per heavy atom. The molecule has 11 heavy (non-hydrogen) atoms. The minimum Gasteiger partial charge on any atom is -0.286 e. The molecule has 0 atom stereocenters. The van der Waals surface area contributed by atoms with Gasteiger partial charge in [-0.2, -0.15) is 10.2 Å². The quantitative estimate of drug-likeness (QED) is 0.705. The predicted molar refractivity (Wildman–Crippen MR) is 49.9 cm³/mol. The van der Waals surface area contributed by atoms with Gasteiger partial charge in [0.2, 0.25) is 0 Å². The fraction of sp³-hybridized carbons (Fsp3) is 0. The highest BCUT2D eigenvalue weighted by atomic mass is 127. The van der Waals surface area contributed by atoms with E-state index in [2.05, 4.69) is 43.0 Å². The van der Waals surface area contributed by atoms with Crippen molar-refractivity contribution in [3.8, 4) is 0 Å². The van der Waals surface area contributed by atoms with Crippen LogP contribution < -0.4 is 0 Å². The molecule has 0 saturated heterocycles. The highest BCUT2D eigenvalue weighted by Crippen LogP contribution is 1.95. The summed E-state index contributed by atoms with van der Waals surface area (Å²) in [5.74, 6) is 0. The van der Waals surface area contributed by atoms with E-state index < -0.39 is 0 Å². The van der Waals surface area contributed by atoms with Gasteiger partial charge in [-0.15, -0.1) is 0 Å². The van der Waals surface area contributed by atoms with Crippen LogP contribution in [-0.4, -0.2) is 20.4 Å². The van der Waals surface area contributed by atoms with Crippen molar-refractivity contribution < 1.29 is 0 Å². The van der Waals surface area contributed by atoms with Crippen molar-refractivity contribution >= 4 is 22.6 Å². The minimum atomic E-state index is 1.15. The molecule has 0 unspecified atom stereocenters. The van der Waals surface area contributed by atoms with Gasteiger partial charge in [0.15, 0.2) is 0 Å². The smallest absolute Gasteiger partial charge is 0.0621 e. The maximum absolute atomic E-state index is 3.69. The van der Waals surface area contributed by atoms with Gasteiger partial charge in [-0.25, -0.2) is 0 Å². The summed E-state index contributed by atoms with van der Waals surface area (Å²) in [7, 11) is 0. The Morgan fingerprint density at radius 3 is 2.36 bits per heavy atom. The standard InChI is InChI=1S/C3H3IN2.C3H4N2/c4-3-1-5-6-2-3;1-2-4-5-3-1/h1-2H,(H,5,6);1-3H,(H,4,5). The van der Waals surface area contributed by atoms with Crippen LogP contribution in [0.5, 0.6) is 0 Å². The van der Waals surface area contributed by atoms with Crippen LogP contribution in [0, 0.1) is 3.57 Å². The number of hydrogen-bond acceptors (Lipinski definition) is 2. The lowest BCUT2D eigenvalue weighted by Gasteiger charge is -1.59. The van der Waals surface area contributed by atoms with E-state index in [-0.39, 0.29) is 0 Å². The van der Waals surface area contributed by atoms with Crippen molar-refractivity contribution in [3.05, 3.63) is 34.4 Å². The second kappa shape index (κ2) is 4.89. The zero-order valence-electron chi connectivity index (χ0n) is 5.66. The second-order valence-corrected chi connectivity index (χ2v) is 2.93. The monoisotopic (exact) mass is 262 g/mol. The van der Waals surface area contributed by atoms with Crippen LogP contribution in [0.3, 0.4) is 0 Å². The third-order valence-electron chi connectivity index (χ3n) is 0.871. The van der Waals surface area contributed by atoms with Crippen LogP contribution in [0.2, 0.25) is 0 Å². The maximum Gasteiger partial charge on any atom is 0.0621 e. The first-order valence-corrected chi connectivity index (χ1v) is 4.05. The Hall–Kier alpha value is -0.850. The number of nitrogens with zero attached hydrogens (tertiary/aromatic N) is 2. The van der Waals surface area contributed by atoms with E-state index in [1.807, 2.05) is 12.3 Å². The number of aromatic nitrogens is 4. The van der Waals surface area contributed by atoms with Gasteiger partial charge in [-0.3, -0.25) is 10.2 Å². The Morgan fingerprint density at radius 1 is 1.27 bits per heavy atom. The van der Waals surface area contributed by atoms with Gasteiger partial charge in [0.05, 0.1) is 9.77 Å². The molecule has 2 aromatic heterocycles. The molecule has 0 radical (unpaired) electrons. The van der Waals surface area contributed by atoms with Crippen LogP contribution in [0.25, 0.3) is 0 Å². The largest absolute Gasteiger partial charge is 0.286 e. The molecule has 2 N–H and O–H groups in total. The Labute approximate surface area is 77.6 Å². The molecule has 0 aliphatic rings. The molecule has 0 fully saturated rings. The molecule has 0 aliphatic heterocycles. The summed E-state index contributed by atoms with van der Waals surface area (Å²) in [5.41, 5.74) is 0. The van der Waals surface area contributed by atoms with Gasteiger partial charge in [-0.1, -0.05) is 0 Å². The lowest BCUT2D eigenvalue weighted by atomic mass is 10.8. The maximum atomic E-state index is 3.69. The zero-order valence-corrected chi connectivity index (χ0v) is 7.82. The van der Waals surface area contributed by atoms with E-state index in [9.17, 15) is 0 Å². The molecule has 4 nitrogen and oxygen atoms in total. The van der Waals surface area contributed by atoms with E-state index in [0.717, 1.165) is 3.57 Å². The molecule has 0 bridgehead atoms. The van der Waals surface area contributed by atoms with Gasteiger partial charge in [0, 0.05) is 18.6 Å². The average molecular weight is 262 g/mol. The normalized spacial score (nSPS) is 8.45.